The molecule has 2 aromatic carbocycles. The van der Waals surface area contributed by atoms with E-state index in [0.717, 1.165) is 51.9 Å². The summed E-state index contributed by atoms with van der Waals surface area (Å²) in [5.74, 6) is 0.172. The van der Waals surface area contributed by atoms with E-state index in [9.17, 15) is 4.79 Å². The average molecular weight is 447 g/mol. The van der Waals surface area contributed by atoms with Gasteiger partial charge in [0.25, 0.3) is 0 Å². The summed E-state index contributed by atoms with van der Waals surface area (Å²) in [5.41, 5.74) is 4.34. The van der Waals surface area contributed by atoms with E-state index < -0.39 is 0 Å². The fraction of sp³-hybridized carbons (Fsp3) is 0.536. The molecule has 2 aliphatic heterocycles. The number of rotatable bonds is 7. The highest BCUT2D eigenvalue weighted by Gasteiger charge is 2.42. The second-order valence-electron chi connectivity index (χ2n) is 10.1. The monoisotopic (exact) mass is 446 g/mol. The predicted octanol–water partition coefficient (Wildman–Crippen LogP) is 2.64. The van der Waals surface area contributed by atoms with Gasteiger partial charge in [-0.15, -0.1) is 0 Å². The predicted molar refractivity (Wildman–Crippen MR) is 133 cm³/mol. The van der Waals surface area contributed by atoms with E-state index in [1.165, 1.54) is 29.5 Å². The van der Waals surface area contributed by atoms with Gasteiger partial charge in [0.2, 0.25) is 5.91 Å². The maximum absolute atomic E-state index is 12.7. The number of likely N-dealkylation sites (N-methyl/N-ethyl adjacent to an activating group) is 1. The molecule has 0 unspecified atom stereocenters. The molecule has 0 radical (unpaired) electrons. The van der Waals surface area contributed by atoms with Gasteiger partial charge < -0.3 is 15.5 Å². The van der Waals surface area contributed by atoms with Gasteiger partial charge in [-0.1, -0.05) is 54.6 Å². The second kappa shape index (κ2) is 10.4. The van der Waals surface area contributed by atoms with Crippen molar-refractivity contribution in [2.75, 3.05) is 33.2 Å². The number of likely N-dealkylation sites (tertiary alicyclic amines) is 2. The van der Waals surface area contributed by atoms with Crippen LogP contribution in [-0.2, 0) is 24.1 Å². The number of hydrogen-bond donors (Lipinski definition) is 2. The van der Waals surface area contributed by atoms with Crippen LogP contribution in [0.1, 0.15) is 36.0 Å². The summed E-state index contributed by atoms with van der Waals surface area (Å²) in [4.78, 5) is 17.8. The van der Waals surface area contributed by atoms with Crippen LogP contribution in [0.4, 0.5) is 0 Å². The first kappa shape index (κ1) is 22.6. The van der Waals surface area contributed by atoms with Gasteiger partial charge in [0, 0.05) is 38.3 Å². The van der Waals surface area contributed by atoms with Crippen molar-refractivity contribution in [1.82, 2.24) is 20.4 Å². The van der Waals surface area contributed by atoms with E-state index in [1.807, 2.05) is 0 Å². The molecule has 3 aliphatic rings. The van der Waals surface area contributed by atoms with Crippen molar-refractivity contribution in [2.24, 2.45) is 0 Å². The molecule has 0 saturated carbocycles. The number of hydrogen-bond acceptors (Lipinski definition) is 4. The van der Waals surface area contributed by atoms with E-state index in [2.05, 4.69) is 75.0 Å². The van der Waals surface area contributed by atoms with Crippen LogP contribution in [0.5, 0.6) is 0 Å². The first-order valence-electron chi connectivity index (χ1n) is 12.8. The average Bonchev–Trinajstić information content (AvgIpc) is 3.48. The Morgan fingerprint density at radius 3 is 2.27 bits per heavy atom. The molecule has 0 bridgehead atoms. The van der Waals surface area contributed by atoms with E-state index >= 15 is 0 Å². The Labute approximate surface area is 198 Å². The largest absolute Gasteiger partial charge is 0.358 e. The highest BCUT2D eigenvalue weighted by molar-refractivity contribution is 5.82. The molecule has 33 heavy (non-hydrogen) atoms. The summed E-state index contributed by atoms with van der Waals surface area (Å²) in [6.07, 6.45) is 6.58. The Kier molecular flexibility index (Phi) is 7.10. The molecule has 0 spiro atoms. The number of carbonyl (C=O) groups is 1. The maximum atomic E-state index is 12.7. The summed E-state index contributed by atoms with van der Waals surface area (Å²) >= 11 is 0. The minimum Gasteiger partial charge on any atom is -0.358 e. The van der Waals surface area contributed by atoms with Crippen molar-refractivity contribution in [3.63, 3.8) is 0 Å². The molecular weight excluding hydrogens is 408 g/mol. The molecule has 176 valence electrons. The van der Waals surface area contributed by atoms with Gasteiger partial charge in [-0.05, 0) is 68.3 Å². The summed E-state index contributed by atoms with van der Waals surface area (Å²) in [5, 5.41) is 6.87. The molecule has 2 aromatic rings. The Morgan fingerprint density at radius 1 is 0.939 bits per heavy atom. The topological polar surface area (TPSA) is 47.6 Å². The van der Waals surface area contributed by atoms with Crippen LogP contribution in [0.3, 0.4) is 0 Å². The van der Waals surface area contributed by atoms with Gasteiger partial charge in [-0.25, -0.2) is 0 Å². The molecule has 2 heterocycles. The molecule has 5 heteroatoms. The number of benzene rings is 2. The third-order valence-electron chi connectivity index (χ3n) is 8.01. The number of piperidine rings is 1. The maximum Gasteiger partial charge on any atom is 0.237 e. The first-order valence-corrected chi connectivity index (χ1v) is 12.8. The van der Waals surface area contributed by atoms with Crippen LogP contribution < -0.4 is 10.6 Å². The molecule has 5 nitrogen and oxygen atoms in total. The Bertz CT molecular complexity index is 900. The van der Waals surface area contributed by atoms with Crippen LogP contribution in [0.25, 0.3) is 0 Å². The van der Waals surface area contributed by atoms with Crippen molar-refractivity contribution in [3.8, 4) is 0 Å². The molecule has 1 amide bonds. The number of nitrogens with one attached hydrogen (secondary N) is 2. The lowest BCUT2D eigenvalue weighted by atomic mass is 10.0. The number of fused-ring (bicyclic) bond motifs is 1. The van der Waals surface area contributed by atoms with Crippen molar-refractivity contribution < 1.29 is 4.79 Å². The first-order chi connectivity index (χ1) is 16.2. The van der Waals surface area contributed by atoms with E-state index in [1.54, 1.807) is 7.05 Å². The van der Waals surface area contributed by atoms with Gasteiger partial charge in [-0.3, -0.25) is 9.69 Å². The summed E-state index contributed by atoms with van der Waals surface area (Å²) in [7, 11) is 1.77. The van der Waals surface area contributed by atoms with Crippen LogP contribution in [0, 0.1) is 0 Å². The number of nitrogens with zero attached hydrogens (tertiary/aromatic N) is 2. The highest BCUT2D eigenvalue weighted by Crippen LogP contribution is 2.31. The fourth-order valence-electron chi connectivity index (χ4n) is 6.17. The molecule has 2 N–H and O–H groups in total. The van der Waals surface area contributed by atoms with Crippen LogP contribution in [0.15, 0.2) is 54.6 Å². The van der Waals surface area contributed by atoms with Crippen LogP contribution >= 0.6 is 0 Å². The molecule has 5 rings (SSSR count). The van der Waals surface area contributed by atoms with Gasteiger partial charge in [0.05, 0.1) is 6.04 Å². The number of amides is 1. The van der Waals surface area contributed by atoms with Gasteiger partial charge >= 0.3 is 0 Å². The normalized spacial score (nSPS) is 24.8. The zero-order valence-electron chi connectivity index (χ0n) is 19.9. The lowest BCUT2D eigenvalue weighted by molar-refractivity contribution is -0.125. The minimum atomic E-state index is -0.0160. The number of carbonyl (C=O) groups excluding carboxylic acids is 1. The van der Waals surface area contributed by atoms with Crippen LogP contribution in [0.2, 0.25) is 0 Å². The molecule has 0 aromatic heterocycles. The lowest BCUT2D eigenvalue weighted by Crippen LogP contribution is -2.48. The Morgan fingerprint density at radius 2 is 1.61 bits per heavy atom. The van der Waals surface area contributed by atoms with E-state index in [-0.39, 0.29) is 11.9 Å². The smallest absolute Gasteiger partial charge is 0.237 e. The van der Waals surface area contributed by atoms with Crippen molar-refractivity contribution in [1.29, 1.82) is 0 Å². The Hall–Kier alpha value is -2.21. The quantitative estimate of drug-likeness (QED) is 0.687. The third-order valence-corrected chi connectivity index (χ3v) is 8.01. The lowest BCUT2D eigenvalue weighted by Gasteiger charge is -2.34. The van der Waals surface area contributed by atoms with Gasteiger partial charge in [-0.2, -0.15) is 0 Å². The molecular formula is C28H38N4O. The second-order valence-corrected chi connectivity index (χ2v) is 10.1. The molecule has 2 atom stereocenters. The van der Waals surface area contributed by atoms with Gasteiger partial charge in [0.15, 0.2) is 0 Å². The molecule has 2 saturated heterocycles. The molecule has 2 fully saturated rings. The van der Waals surface area contributed by atoms with Crippen molar-refractivity contribution in [3.05, 3.63) is 71.3 Å². The summed E-state index contributed by atoms with van der Waals surface area (Å²) in [6, 6.07) is 21.0. The SMILES string of the molecule is CNC(=O)[C@@H]1C[C@@H](NC2CCN(CCc3ccccc3)CC2)CN1C1Cc2ccccc2C1. The minimum absolute atomic E-state index is 0.0160. The zero-order valence-corrected chi connectivity index (χ0v) is 19.9. The summed E-state index contributed by atoms with van der Waals surface area (Å²) in [6.45, 7) is 4.45. The zero-order chi connectivity index (χ0) is 22.6. The van der Waals surface area contributed by atoms with Gasteiger partial charge in [0.1, 0.15) is 0 Å². The van der Waals surface area contributed by atoms with E-state index in [0.29, 0.717) is 18.1 Å². The molecule has 1 aliphatic carbocycles. The van der Waals surface area contributed by atoms with Crippen molar-refractivity contribution in [2.45, 2.75) is 62.7 Å². The Balaban J connectivity index is 1.13. The highest BCUT2D eigenvalue weighted by atomic mass is 16.2. The summed E-state index contributed by atoms with van der Waals surface area (Å²) < 4.78 is 0. The van der Waals surface area contributed by atoms with Crippen molar-refractivity contribution >= 4 is 5.91 Å². The standard InChI is InChI=1S/C28H38N4O/c1-29-28(33)27-19-25(20-32(27)26-17-22-9-5-6-10-23(22)18-26)30-24-12-15-31(16-13-24)14-11-21-7-3-2-4-8-21/h2-10,24-27,30H,11-20H2,1H3,(H,29,33)/t25-,27+/m1/s1. The van der Waals surface area contributed by atoms with Crippen LogP contribution in [-0.4, -0.2) is 73.1 Å². The third kappa shape index (κ3) is 5.32. The fourth-order valence-corrected chi connectivity index (χ4v) is 6.17. The van der Waals surface area contributed by atoms with E-state index in [4.69, 9.17) is 0 Å².